The van der Waals surface area contributed by atoms with E-state index in [0.717, 1.165) is 55.5 Å². The minimum Gasteiger partial charge on any atom is -0.309 e. The van der Waals surface area contributed by atoms with Gasteiger partial charge in [0.05, 0.1) is 40.9 Å². The number of rotatable bonds is 10. The SMILES string of the molecule is c1ccc(-c2nc(-c3ccccc3)nc(-c3ccc4c5ccc(-n6c7ccccc7c7cc(-c8cccc9c8sc8c9ccc9c%10ccccc%10sc98)ccc76)cc5c5ccccc5c4c3)n2)cc1.c1ccc(-c2nc(-c3ccccc3)nc(-c3ccc4c5ccccc5c5ccc(-n6c7ccccc7c7cc(-c8cccc9c8sc8c9ccc9c%10ccccc%10sc98)ccc76)cc5c4c3)n2)cc1. The molecular formula is C126H72N8S4. The molecule has 640 valence electrons. The molecule has 30 aromatic rings. The number of benzene rings is 22. The second kappa shape index (κ2) is 31.2. The van der Waals surface area contributed by atoms with Gasteiger partial charge in [0.25, 0.3) is 0 Å². The average molecular weight is 1830 g/mol. The maximum atomic E-state index is 5.13. The van der Waals surface area contributed by atoms with Gasteiger partial charge in [-0.2, -0.15) is 0 Å². The summed E-state index contributed by atoms with van der Waals surface area (Å²) in [7, 11) is 0. The van der Waals surface area contributed by atoms with Crippen molar-refractivity contribution in [3.05, 3.63) is 437 Å². The highest BCUT2D eigenvalue weighted by Crippen LogP contribution is 2.52. The first-order valence-electron chi connectivity index (χ1n) is 46.5. The Morgan fingerprint density at radius 3 is 0.775 bits per heavy atom. The first-order valence-corrected chi connectivity index (χ1v) is 49.8. The summed E-state index contributed by atoms with van der Waals surface area (Å²) in [5, 5.41) is 30.0. The van der Waals surface area contributed by atoms with Gasteiger partial charge < -0.3 is 9.13 Å². The molecule has 0 aliphatic heterocycles. The van der Waals surface area contributed by atoms with E-state index >= 15 is 0 Å². The minimum absolute atomic E-state index is 0.639. The van der Waals surface area contributed by atoms with Gasteiger partial charge in [-0.15, -0.1) is 45.3 Å². The van der Waals surface area contributed by atoms with Crippen molar-refractivity contribution in [2.24, 2.45) is 0 Å². The third kappa shape index (κ3) is 12.4. The van der Waals surface area contributed by atoms with Crippen LogP contribution in [0.15, 0.2) is 437 Å². The Hall–Kier alpha value is -17.1. The normalized spacial score (nSPS) is 12.1. The van der Waals surface area contributed by atoms with Crippen LogP contribution >= 0.6 is 45.3 Å². The molecule has 0 amide bonds. The summed E-state index contributed by atoms with van der Waals surface area (Å²) in [6, 6.07) is 158. The number of thiophene rings is 4. The fourth-order valence-electron chi connectivity index (χ4n) is 21.7. The van der Waals surface area contributed by atoms with E-state index in [9.17, 15) is 0 Å². The summed E-state index contributed by atoms with van der Waals surface area (Å²) in [5.74, 6) is 3.88. The van der Waals surface area contributed by atoms with E-state index in [4.69, 9.17) is 29.9 Å². The van der Waals surface area contributed by atoms with Gasteiger partial charge in [0.2, 0.25) is 0 Å². The first kappa shape index (κ1) is 78.4. The maximum Gasteiger partial charge on any atom is 0.164 e. The molecule has 138 heavy (non-hydrogen) atoms. The average Bonchev–Trinajstić information content (AvgIpc) is 1.74. The molecule has 30 rings (SSSR count). The predicted octanol–water partition coefficient (Wildman–Crippen LogP) is 35.7. The molecule has 0 aliphatic rings. The van der Waals surface area contributed by atoms with Gasteiger partial charge in [0.1, 0.15) is 0 Å². The summed E-state index contributed by atoms with van der Waals surface area (Å²) >= 11 is 7.70. The molecule has 22 aromatic carbocycles. The molecule has 0 bridgehead atoms. The fraction of sp³-hybridized carbons (Fsp3) is 0. The zero-order valence-electron chi connectivity index (χ0n) is 73.8. The molecule has 8 heterocycles. The molecule has 0 fully saturated rings. The molecule has 0 aliphatic carbocycles. The number of nitrogens with zero attached hydrogens (tertiary/aromatic N) is 8. The lowest BCUT2D eigenvalue weighted by molar-refractivity contribution is 1.07. The van der Waals surface area contributed by atoms with Gasteiger partial charge >= 0.3 is 0 Å². The number of fused-ring (bicyclic) bond motifs is 32. The van der Waals surface area contributed by atoms with Gasteiger partial charge in [-0.3, -0.25) is 0 Å². The predicted molar refractivity (Wildman–Crippen MR) is 588 cm³/mol. The van der Waals surface area contributed by atoms with E-state index in [1.165, 1.54) is 200 Å². The third-order valence-electron chi connectivity index (χ3n) is 28.1. The highest BCUT2D eigenvalue weighted by atomic mass is 32.1. The lowest BCUT2D eigenvalue weighted by Crippen LogP contribution is -2.00. The van der Waals surface area contributed by atoms with Crippen LogP contribution in [-0.2, 0) is 0 Å². The van der Waals surface area contributed by atoms with Gasteiger partial charge in [-0.05, 0) is 172 Å². The van der Waals surface area contributed by atoms with Crippen LogP contribution in [0.5, 0.6) is 0 Å². The Bertz CT molecular complexity index is 10200. The Morgan fingerprint density at radius 2 is 0.384 bits per heavy atom. The highest BCUT2D eigenvalue weighted by molar-refractivity contribution is 7.34. The van der Waals surface area contributed by atoms with Crippen molar-refractivity contribution in [2.75, 3.05) is 0 Å². The molecule has 12 heteroatoms. The Morgan fingerprint density at radius 1 is 0.138 bits per heavy atom. The summed E-state index contributed by atoms with van der Waals surface area (Å²) in [4.78, 5) is 30.3. The standard InChI is InChI=1S/2C63H36N4S2/c1-3-14-37(15-4-1)61-64-62(38-16-5-2-6-17-38)66-63(65-61)40-26-29-45-46-30-28-41(36-53(46)44-19-8-7-18-43(44)52(45)35-40)67-55-24-11-9-20-47(55)54-34-39(27-33-56(54)67)42-22-13-23-49-51-32-31-50-48-21-10-12-25-57(48)68-59(50)60(51)69-58(42)49;1-3-14-37(15-4-1)61-64-62(38-16-5-2-6-17-38)66-63(65-61)40-26-29-45-43-18-7-8-19-44(43)46-30-28-41(36-53(46)52(45)35-40)67-55-24-11-9-20-47(55)54-34-39(27-33-56(54)67)42-22-13-23-49-51-32-31-50-48-21-10-12-25-57(48)68-59(50)60(51)69-58(42)49/h2*1-36H. The van der Waals surface area contributed by atoms with E-state index in [-0.39, 0.29) is 0 Å². The van der Waals surface area contributed by atoms with Gasteiger partial charge in [0, 0.05) is 128 Å². The molecule has 8 nitrogen and oxygen atoms in total. The van der Waals surface area contributed by atoms with Gasteiger partial charge in [-0.25, -0.2) is 29.9 Å². The summed E-state index contributed by atoms with van der Waals surface area (Å²) in [6.45, 7) is 0. The molecule has 8 aromatic heterocycles. The number of hydrogen-bond acceptors (Lipinski definition) is 10. The minimum atomic E-state index is 0.639. The zero-order valence-corrected chi connectivity index (χ0v) is 77.0. The Labute approximate surface area is 805 Å². The molecule has 0 N–H and O–H groups in total. The highest BCUT2D eigenvalue weighted by Gasteiger charge is 2.26. The largest absolute Gasteiger partial charge is 0.309 e. The molecular weight excluding hydrogens is 1750 g/mol. The molecule has 0 atom stereocenters. The molecule has 0 saturated carbocycles. The van der Waals surface area contributed by atoms with Crippen molar-refractivity contribution in [1.82, 2.24) is 39.0 Å². The smallest absolute Gasteiger partial charge is 0.164 e. The molecule has 0 unspecified atom stereocenters. The fourth-order valence-corrected chi connectivity index (χ4v) is 27.0. The lowest BCUT2D eigenvalue weighted by atomic mass is 9.93. The summed E-state index contributed by atoms with van der Waals surface area (Å²) in [6.07, 6.45) is 0. The Balaban J connectivity index is 0.000000133. The van der Waals surface area contributed by atoms with Crippen LogP contribution in [0.4, 0.5) is 0 Å². The van der Waals surface area contributed by atoms with Crippen molar-refractivity contribution in [1.29, 1.82) is 0 Å². The van der Waals surface area contributed by atoms with E-state index in [2.05, 4.69) is 373 Å². The van der Waals surface area contributed by atoms with E-state index in [1.54, 1.807) is 0 Å². The van der Waals surface area contributed by atoms with Crippen LogP contribution in [-0.4, -0.2) is 39.0 Å². The molecule has 0 saturated heterocycles. The van der Waals surface area contributed by atoms with Crippen molar-refractivity contribution < 1.29 is 0 Å². The van der Waals surface area contributed by atoms with Gasteiger partial charge in [0.15, 0.2) is 34.9 Å². The van der Waals surface area contributed by atoms with Crippen LogP contribution < -0.4 is 0 Å². The zero-order chi connectivity index (χ0) is 90.3. The first-order chi connectivity index (χ1) is 68.4. The van der Waals surface area contributed by atoms with Crippen LogP contribution in [0, 0.1) is 0 Å². The second-order valence-corrected chi connectivity index (χ2v) is 39.9. The van der Waals surface area contributed by atoms with Crippen molar-refractivity contribution in [3.63, 3.8) is 0 Å². The summed E-state index contributed by atoms with van der Waals surface area (Å²) in [5.41, 5.74) is 17.7. The molecule has 0 radical (unpaired) electrons. The second-order valence-electron chi connectivity index (χ2n) is 35.7. The van der Waals surface area contributed by atoms with Crippen molar-refractivity contribution in [2.45, 2.75) is 0 Å². The van der Waals surface area contributed by atoms with Crippen molar-refractivity contribution >= 4 is 234 Å². The monoisotopic (exact) mass is 1820 g/mol. The van der Waals surface area contributed by atoms with Crippen LogP contribution in [0.1, 0.15) is 0 Å². The van der Waals surface area contributed by atoms with Crippen LogP contribution in [0.2, 0.25) is 0 Å². The van der Waals surface area contributed by atoms with E-state index in [0.29, 0.717) is 34.9 Å². The maximum absolute atomic E-state index is 5.13. The number of para-hydroxylation sites is 2. The lowest BCUT2D eigenvalue weighted by Gasteiger charge is -2.15. The Kier molecular flexibility index (Phi) is 17.8. The number of aromatic nitrogens is 8. The third-order valence-corrected chi connectivity index (χ3v) is 33.3. The van der Waals surface area contributed by atoms with Crippen LogP contribution in [0.3, 0.4) is 0 Å². The van der Waals surface area contributed by atoms with E-state index < -0.39 is 0 Å². The van der Waals surface area contributed by atoms with Crippen molar-refractivity contribution in [3.8, 4) is 102 Å². The quantitative estimate of drug-likeness (QED) is 0.127. The van der Waals surface area contributed by atoms with Gasteiger partial charge in [-0.1, -0.05) is 352 Å². The van der Waals surface area contributed by atoms with Crippen LogP contribution in [0.25, 0.3) is 291 Å². The van der Waals surface area contributed by atoms with E-state index in [1.807, 2.05) is 118 Å². The molecule has 0 spiro atoms. The number of hydrogen-bond donors (Lipinski definition) is 0. The summed E-state index contributed by atoms with van der Waals surface area (Å²) < 4.78 is 15.8. The topological polar surface area (TPSA) is 87.2 Å².